The van der Waals surface area contributed by atoms with Gasteiger partial charge in [-0.2, -0.15) is 0 Å². The molecular weight excluding hydrogens is 266 g/mol. The molecule has 0 bridgehead atoms. The predicted octanol–water partition coefficient (Wildman–Crippen LogP) is 2.59. The van der Waals surface area contributed by atoms with Crippen LogP contribution in [-0.2, 0) is 16.1 Å². The molecular formula is C14H18ClNO3. The lowest BCUT2D eigenvalue weighted by Crippen LogP contribution is -2.38. The maximum Gasteiger partial charge on any atom is 0.304 e. The van der Waals surface area contributed by atoms with Crippen LogP contribution in [0.1, 0.15) is 25.8 Å². The van der Waals surface area contributed by atoms with Crippen molar-refractivity contribution in [2.75, 3.05) is 6.54 Å². The molecule has 1 rings (SSSR count). The van der Waals surface area contributed by atoms with Gasteiger partial charge in [-0.25, -0.2) is 0 Å². The molecule has 1 N–H and O–H groups in total. The van der Waals surface area contributed by atoms with Crippen molar-refractivity contribution in [1.82, 2.24) is 4.90 Å². The van der Waals surface area contributed by atoms with Crippen LogP contribution in [-0.4, -0.2) is 34.3 Å². The van der Waals surface area contributed by atoms with Crippen molar-refractivity contribution in [3.8, 4) is 0 Å². The third-order valence-electron chi connectivity index (χ3n) is 3.05. The second kappa shape index (κ2) is 7.26. The Morgan fingerprint density at radius 2 is 1.89 bits per heavy atom. The van der Waals surface area contributed by atoms with Crippen LogP contribution in [0.2, 0.25) is 5.02 Å². The third-order valence-corrected chi connectivity index (χ3v) is 3.30. The minimum absolute atomic E-state index is 0.0191. The summed E-state index contributed by atoms with van der Waals surface area (Å²) in [6.45, 7) is 4.18. The van der Waals surface area contributed by atoms with Crippen molar-refractivity contribution in [2.45, 2.75) is 32.9 Å². The predicted molar refractivity (Wildman–Crippen MR) is 74.3 cm³/mol. The first kappa shape index (κ1) is 15.7. The lowest BCUT2D eigenvalue weighted by molar-refractivity contribution is -0.138. The number of carbonyl (C=O) groups is 2. The molecule has 0 aliphatic rings. The zero-order valence-corrected chi connectivity index (χ0v) is 11.9. The number of carboxylic acid groups (broad SMARTS) is 1. The molecule has 1 aromatic rings. The first-order chi connectivity index (χ1) is 8.90. The molecule has 1 unspecified atom stereocenters. The molecule has 0 aliphatic heterocycles. The van der Waals surface area contributed by atoms with Gasteiger partial charge in [-0.05, 0) is 31.5 Å². The number of nitrogens with zero attached hydrogens (tertiary/aromatic N) is 1. The van der Waals surface area contributed by atoms with Crippen molar-refractivity contribution in [1.29, 1.82) is 0 Å². The maximum atomic E-state index is 11.5. The van der Waals surface area contributed by atoms with Crippen molar-refractivity contribution in [3.05, 3.63) is 34.9 Å². The molecule has 1 aromatic carbocycles. The Hall–Kier alpha value is -1.39. The van der Waals surface area contributed by atoms with Crippen LogP contribution >= 0.6 is 11.6 Å². The number of Topliss-reactive ketones (excluding diaryl/α,β-unsaturated/α-hetero) is 1. The molecule has 1 atom stereocenters. The van der Waals surface area contributed by atoms with Gasteiger partial charge in [0.2, 0.25) is 0 Å². The number of carboxylic acids is 1. The van der Waals surface area contributed by atoms with E-state index in [2.05, 4.69) is 0 Å². The van der Waals surface area contributed by atoms with Gasteiger partial charge >= 0.3 is 5.97 Å². The summed E-state index contributed by atoms with van der Waals surface area (Å²) < 4.78 is 0. The average molecular weight is 284 g/mol. The number of carbonyl (C=O) groups excluding carboxylic acids is 1. The molecule has 104 valence electrons. The summed E-state index contributed by atoms with van der Waals surface area (Å²) >= 11 is 5.82. The van der Waals surface area contributed by atoms with E-state index < -0.39 is 5.97 Å². The highest BCUT2D eigenvalue weighted by molar-refractivity contribution is 6.30. The van der Waals surface area contributed by atoms with Gasteiger partial charge in [0.05, 0.1) is 12.5 Å². The molecule has 19 heavy (non-hydrogen) atoms. The number of benzene rings is 1. The highest BCUT2D eigenvalue weighted by Gasteiger charge is 2.18. The van der Waals surface area contributed by atoms with Crippen molar-refractivity contribution < 1.29 is 14.7 Å². The molecule has 0 spiro atoms. The summed E-state index contributed by atoms with van der Waals surface area (Å²) in [5, 5.41) is 9.41. The van der Waals surface area contributed by atoms with E-state index >= 15 is 0 Å². The Kier molecular flexibility index (Phi) is 5.99. The van der Waals surface area contributed by atoms with Crippen LogP contribution < -0.4 is 0 Å². The van der Waals surface area contributed by atoms with Gasteiger partial charge in [-0.1, -0.05) is 23.7 Å². The topological polar surface area (TPSA) is 57.6 Å². The lowest BCUT2D eigenvalue weighted by Gasteiger charge is -2.26. The van der Waals surface area contributed by atoms with Crippen LogP contribution in [0, 0.1) is 0 Å². The summed E-state index contributed by atoms with van der Waals surface area (Å²) in [5.41, 5.74) is 1.00. The smallest absolute Gasteiger partial charge is 0.304 e. The van der Waals surface area contributed by atoms with Crippen LogP contribution in [0.25, 0.3) is 0 Å². The van der Waals surface area contributed by atoms with E-state index in [1.165, 1.54) is 6.92 Å². The number of hydrogen-bond donors (Lipinski definition) is 1. The normalized spacial score (nSPS) is 12.4. The molecule has 0 fully saturated rings. The minimum atomic E-state index is -0.864. The van der Waals surface area contributed by atoms with E-state index in [1.807, 2.05) is 17.0 Å². The largest absolute Gasteiger partial charge is 0.481 e. The number of hydrogen-bond acceptors (Lipinski definition) is 3. The number of halogens is 1. The highest BCUT2D eigenvalue weighted by Crippen LogP contribution is 2.13. The molecule has 0 aromatic heterocycles. The zero-order valence-electron chi connectivity index (χ0n) is 11.1. The summed E-state index contributed by atoms with van der Waals surface area (Å²) in [4.78, 5) is 24.0. The average Bonchev–Trinajstić information content (AvgIpc) is 2.35. The minimum Gasteiger partial charge on any atom is -0.481 e. The quantitative estimate of drug-likeness (QED) is 0.836. The highest BCUT2D eigenvalue weighted by atomic mass is 35.5. The second-order valence-electron chi connectivity index (χ2n) is 4.53. The van der Waals surface area contributed by atoms with E-state index in [0.717, 1.165) is 5.56 Å². The summed E-state index contributed by atoms with van der Waals surface area (Å²) in [5.74, 6) is -0.837. The number of aliphatic carboxylic acids is 1. The van der Waals surface area contributed by atoms with Crippen LogP contribution in [0.5, 0.6) is 0 Å². The van der Waals surface area contributed by atoms with Crippen LogP contribution in [0.4, 0.5) is 0 Å². The maximum absolute atomic E-state index is 11.5. The first-order valence-corrected chi connectivity index (χ1v) is 6.48. The summed E-state index contributed by atoms with van der Waals surface area (Å²) in [6, 6.07) is 7.02. The van der Waals surface area contributed by atoms with Crippen molar-refractivity contribution in [3.63, 3.8) is 0 Å². The van der Waals surface area contributed by atoms with Gasteiger partial charge in [0, 0.05) is 18.1 Å². The van der Waals surface area contributed by atoms with E-state index in [-0.39, 0.29) is 18.2 Å². The Balaban J connectivity index is 2.75. The fraction of sp³-hybridized carbons (Fsp3) is 0.429. The SMILES string of the molecule is CC(=O)C(C)N(CCC(=O)O)Cc1ccc(Cl)cc1. The standard InChI is InChI=1S/C14H18ClNO3/c1-10(11(2)17)16(8-7-14(18)19)9-12-3-5-13(15)6-4-12/h3-6,10H,7-9H2,1-2H3,(H,18,19). The fourth-order valence-corrected chi connectivity index (χ4v) is 1.86. The lowest BCUT2D eigenvalue weighted by atomic mass is 10.1. The summed E-state index contributed by atoms with van der Waals surface area (Å²) in [7, 11) is 0. The number of rotatable bonds is 7. The molecule has 4 nitrogen and oxygen atoms in total. The third kappa shape index (κ3) is 5.41. The molecule has 0 heterocycles. The molecule has 0 saturated heterocycles. The van der Waals surface area contributed by atoms with Crippen LogP contribution in [0.3, 0.4) is 0 Å². The monoisotopic (exact) mass is 283 g/mol. The summed E-state index contributed by atoms with van der Waals surface area (Å²) in [6.07, 6.45) is 0.0191. The first-order valence-electron chi connectivity index (χ1n) is 6.11. The second-order valence-corrected chi connectivity index (χ2v) is 4.96. The van der Waals surface area contributed by atoms with E-state index in [4.69, 9.17) is 16.7 Å². The van der Waals surface area contributed by atoms with E-state index in [0.29, 0.717) is 18.1 Å². The molecule has 0 aliphatic carbocycles. The van der Waals surface area contributed by atoms with Gasteiger partial charge < -0.3 is 5.11 Å². The Bertz CT molecular complexity index is 445. The number of ketones is 1. The molecule has 0 radical (unpaired) electrons. The molecule has 0 saturated carbocycles. The Morgan fingerprint density at radius 1 is 1.32 bits per heavy atom. The van der Waals surface area contributed by atoms with Crippen molar-refractivity contribution >= 4 is 23.4 Å². The Morgan fingerprint density at radius 3 is 2.37 bits per heavy atom. The molecule has 0 amide bonds. The zero-order chi connectivity index (χ0) is 14.4. The van der Waals surface area contributed by atoms with Gasteiger partial charge in [0.15, 0.2) is 0 Å². The van der Waals surface area contributed by atoms with Gasteiger partial charge in [-0.15, -0.1) is 0 Å². The van der Waals surface area contributed by atoms with Crippen molar-refractivity contribution in [2.24, 2.45) is 0 Å². The van der Waals surface area contributed by atoms with E-state index in [9.17, 15) is 9.59 Å². The van der Waals surface area contributed by atoms with E-state index in [1.54, 1.807) is 19.1 Å². The van der Waals surface area contributed by atoms with Gasteiger partial charge in [0.25, 0.3) is 0 Å². The van der Waals surface area contributed by atoms with Gasteiger partial charge in [-0.3, -0.25) is 14.5 Å². The van der Waals surface area contributed by atoms with Gasteiger partial charge in [0.1, 0.15) is 5.78 Å². The Labute approximate surface area is 118 Å². The fourth-order valence-electron chi connectivity index (χ4n) is 1.73. The van der Waals surface area contributed by atoms with Crippen LogP contribution in [0.15, 0.2) is 24.3 Å². The molecule has 5 heteroatoms.